The molecule has 2 aliphatic rings. The van der Waals surface area contributed by atoms with Gasteiger partial charge in [-0.2, -0.15) is 0 Å². The third kappa shape index (κ3) is 1.60. The molecule has 1 heterocycles. The number of terminal acetylenes is 1. The Morgan fingerprint density at radius 3 is 2.00 bits per heavy atom. The second kappa shape index (κ2) is 4.24. The molecule has 0 atom stereocenters. The van der Waals surface area contributed by atoms with Gasteiger partial charge in [0.05, 0.1) is 11.1 Å². The summed E-state index contributed by atoms with van der Waals surface area (Å²) in [6.45, 7) is 0. The Morgan fingerprint density at radius 2 is 1.53 bits per heavy atom. The van der Waals surface area contributed by atoms with Gasteiger partial charge in [-0.15, -0.1) is 6.42 Å². The van der Waals surface area contributed by atoms with Crippen molar-refractivity contribution in [3.05, 3.63) is 35.4 Å². The van der Waals surface area contributed by atoms with Gasteiger partial charge in [-0.1, -0.05) is 37.3 Å². The number of nitrogens with zero attached hydrogens (tertiary/aromatic N) is 1. The van der Waals surface area contributed by atoms with Crippen molar-refractivity contribution in [2.75, 3.05) is 0 Å². The molecule has 1 saturated carbocycles. The summed E-state index contributed by atoms with van der Waals surface area (Å²) in [5.41, 5.74) is 0.242. The fraction of sp³-hybridized carbons (Fsp3) is 0.375. The van der Waals surface area contributed by atoms with Crippen LogP contribution in [0.25, 0.3) is 0 Å². The molecule has 0 saturated heterocycles. The van der Waals surface area contributed by atoms with Gasteiger partial charge >= 0.3 is 0 Å². The highest BCUT2D eigenvalue weighted by atomic mass is 16.2. The Morgan fingerprint density at radius 1 is 1.00 bits per heavy atom. The van der Waals surface area contributed by atoms with E-state index in [1.165, 1.54) is 4.90 Å². The highest BCUT2D eigenvalue weighted by Crippen LogP contribution is 2.38. The highest BCUT2D eigenvalue weighted by molar-refractivity contribution is 6.22. The molecule has 0 unspecified atom stereocenters. The molecule has 1 aromatic carbocycles. The number of carbonyl (C=O) groups is 2. The SMILES string of the molecule is C#CC1(N2C(=O)c3ccccc3C2=O)CCCCC1. The van der Waals surface area contributed by atoms with Crippen LogP contribution in [0.3, 0.4) is 0 Å². The molecule has 1 aliphatic heterocycles. The third-order valence-corrected chi connectivity index (χ3v) is 4.17. The van der Waals surface area contributed by atoms with E-state index in [2.05, 4.69) is 5.92 Å². The monoisotopic (exact) mass is 253 g/mol. The van der Waals surface area contributed by atoms with Gasteiger partial charge in [0.15, 0.2) is 0 Å². The summed E-state index contributed by atoms with van der Waals surface area (Å²) in [5, 5.41) is 0. The van der Waals surface area contributed by atoms with E-state index in [0.717, 1.165) is 32.1 Å². The van der Waals surface area contributed by atoms with E-state index in [4.69, 9.17) is 6.42 Å². The lowest BCUT2D eigenvalue weighted by atomic mass is 9.81. The van der Waals surface area contributed by atoms with Crippen LogP contribution in [0.1, 0.15) is 52.8 Å². The van der Waals surface area contributed by atoms with Crippen molar-refractivity contribution < 1.29 is 9.59 Å². The van der Waals surface area contributed by atoms with Gasteiger partial charge in [0, 0.05) is 0 Å². The van der Waals surface area contributed by atoms with Crippen molar-refractivity contribution in [2.45, 2.75) is 37.6 Å². The van der Waals surface area contributed by atoms with Crippen molar-refractivity contribution in [3.63, 3.8) is 0 Å². The van der Waals surface area contributed by atoms with E-state index in [0.29, 0.717) is 11.1 Å². The van der Waals surface area contributed by atoms with Gasteiger partial charge in [-0.3, -0.25) is 14.5 Å². The molecule has 1 aliphatic carbocycles. The molecule has 19 heavy (non-hydrogen) atoms. The summed E-state index contributed by atoms with van der Waals surface area (Å²) < 4.78 is 0. The van der Waals surface area contributed by atoms with E-state index < -0.39 is 5.54 Å². The molecule has 3 heteroatoms. The van der Waals surface area contributed by atoms with Crippen molar-refractivity contribution >= 4 is 11.8 Å². The van der Waals surface area contributed by atoms with E-state index >= 15 is 0 Å². The zero-order chi connectivity index (χ0) is 13.5. The van der Waals surface area contributed by atoms with Crippen molar-refractivity contribution in [3.8, 4) is 12.3 Å². The summed E-state index contributed by atoms with van der Waals surface area (Å²) >= 11 is 0. The predicted octanol–water partition coefficient (Wildman–Crippen LogP) is 2.62. The summed E-state index contributed by atoms with van der Waals surface area (Å²) in [4.78, 5) is 26.3. The Balaban J connectivity index is 2.06. The maximum atomic E-state index is 12.5. The first-order valence-corrected chi connectivity index (χ1v) is 6.65. The molecule has 2 amide bonds. The maximum Gasteiger partial charge on any atom is 0.262 e. The molecule has 96 valence electrons. The van der Waals surface area contributed by atoms with Crippen molar-refractivity contribution in [2.24, 2.45) is 0 Å². The normalized spacial score (nSPS) is 21.1. The zero-order valence-corrected chi connectivity index (χ0v) is 10.7. The number of rotatable bonds is 1. The molecule has 3 nitrogen and oxygen atoms in total. The first kappa shape index (κ1) is 12.0. The van der Waals surface area contributed by atoms with Crippen LogP contribution in [0, 0.1) is 12.3 Å². The lowest BCUT2D eigenvalue weighted by Crippen LogP contribution is -2.52. The molecule has 0 N–H and O–H groups in total. The van der Waals surface area contributed by atoms with Gasteiger partial charge < -0.3 is 0 Å². The number of hydrogen-bond acceptors (Lipinski definition) is 2. The first-order valence-electron chi connectivity index (χ1n) is 6.65. The first-order chi connectivity index (χ1) is 9.19. The number of hydrogen-bond donors (Lipinski definition) is 0. The minimum Gasteiger partial charge on any atom is -0.269 e. The molecule has 1 fully saturated rings. The Hall–Kier alpha value is -2.08. The van der Waals surface area contributed by atoms with Crippen molar-refractivity contribution in [1.82, 2.24) is 4.90 Å². The Labute approximate surface area is 112 Å². The number of benzene rings is 1. The summed E-state index contributed by atoms with van der Waals surface area (Å²) in [7, 11) is 0. The van der Waals surface area contributed by atoms with Crippen molar-refractivity contribution in [1.29, 1.82) is 0 Å². The topological polar surface area (TPSA) is 37.4 Å². The fourth-order valence-electron chi connectivity index (χ4n) is 3.15. The van der Waals surface area contributed by atoms with Crippen LogP contribution in [0.2, 0.25) is 0 Å². The number of imide groups is 1. The zero-order valence-electron chi connectivity index (χ0n) is 10.7. The Bertz CT molecular complexity index is 556. The van der Waals surface area contributed by atoms with E-state index in [1.54, 1.807) is 24.3 Å². The smallest absolute Gasteiger partial charge is 0.262 e. The largest absolute Gasteiger partial charge is 0.269 e. The summed E-state index contributed by atoms with van der Waals surface area (Å²) in [5.74, 6) is 2.27. The number of fused-ring (bicyclic) bond motifs is 1. The van der Waals surface area contributed by atoms with Crippen LogP contribution in [-0.2, 0) is 0 Å². The number of amides is 2. The van der Waals surface area contributed by atoms with Crippen LogP contribution in [0.15, 0.2) is 24.3 Å². The minimum absolute atomic E-state index is 0.236. The molecule has 3 rings (SSSR count). The van der Waals surface area contributed by atoms with Crippen LogP contribution >= 0.6 is 0 Å². The van der Waals surface area contributed by atoms with Gasteiger partial charge in [0.2, 0.25) is 0 Å². The quantitative estimate of drug-likeness (QED) is 0.570. The van der Waals surface area contributed by atoms with E-state index in [1.807, 2.05) is 0 Å². The molecule has 0 aromatic heterocycles. The molecule has 0 spiro atoms. The lowest BCUT2D eigenvalue weighted by molar-refractivity contribution is 0.0452. The average Bonchev–Trinajstić information content (AvgIpc) is 2.73. The fourth-order valence-corrected chi connectivity index (χ4v) is 3.15. The van der Waals surface area contributed by atoms with E-state index in [-0.39, 0.29) is 11.8 Å². The molecule has 0 radical (unpaired) electrons. The van der Waals surface area contributed by atoms with Crippen LogP contribution in [0.4, 0.5) is 0 Å². The maximum absolute atomic E-state index is 12.5. The van der Waals surface area contributed by atoms with Gasteiger partial charge in [-0.25, -0.2) is 0 Å². The summed E-state index contributed by atoms with van der Waals surface area (Å²) in [6.07, 6.45) is 10.2. The van der Waals surface area contributed by atoms with Gasteiger partial charge in [0.25, 0.3) is 11.8 Å². The second-order valence-corrected chi connectivity index (χ2v) is 5.23. The van der Waals surface area contributed by atoms with E-state index in [9.17, 15) is 9.59 Å². The predicted molar refractivity (Wildman–Crippen MR) is 71.6 cm³/mol. The molecular weight excluding hydrogens is 238 g/mol. The van der Waals surface area contributed by atoms with Gasteiger partial charge in [0.1, 0.15) is 5.54 Å². The summed E-state index contributed by atoms with van der Waals surface area (Å²) in [6, 6.07) is 6.94. The van der Waals surface area contributed by atoms with Crippen LogP contribution in [0.5, 0.6) is 0 Å². The molecule has 0 bridgehead atoms. The van der Waals surface area contributed by atoms with Crippen LogP contribution < -0.4 is 0 Å². The van der Waals surface area contributed by atoms with Crippen LogP contribution in [-0.4, -0.2) is 22.3 Å². The highest BCUT2D eigenvalue weighted by Gasteiger charge is 2.48. The minimum atomic E-state index is -0.717. The Kier molecular flexibility index (Phi) is 2.67. The molecule has 1 aromatic rings. The van der Waals surface area contributed by atoms with Gasteiger partial charge in [-0.05, 0) is 25.0 Å². The second-order valence-electron chi connectivity index (χ2n) is 5.23. The number of carbonyl (C=O) groups excluding carboxylic acids is 2. The average molecular weight is 253 g/mol. The lowest BCUT2D eigenvalue weighted by Gasteiger charge is -2.39. The standard InChI is InChI=1S/C16H15NO2/c1-2-16(10-6-3-7-11-16)17-14(18)12-8-4-5-9-13(12)15(17)19/h1,4-5,8-9H,3,6-7,10-11H2. The third-order valence-electron chi connectivity index (χ3n) is 4.17. The molecular formula is C16H15NO2.